The summed E-state index contributed by atoms with van der Waals surface area (Å²) in [5, 5.41) is 0. The first kappa shape index (κ1) is 8.84. The number of aromatic nitrogens is 1. The highest BCUT2D eigenvalue weighted by Gasteiger charge is 2.08. The minimum atomic E-state index is -0.106. The molecular formula is C11H13N3. The molecule has 0 bridgehead atoms. The molecule has 0 aliphatic carbocycles. The molecule has 1 atom stereocenters. The van der Waals surface area contributed by atoms with Crippen LogP contribution < -0.4 is 11.5 Å². The number of aromatic amines is 1. The minimum Gasteiger partial charge on any atom is -0.399 e. The second kappa shape index (κ2) is 3.55. The van der Waals surface area contributed by atoms with Crippen molar-refractivity contribution in [1.29, 1.82) is 0 Å². The fourth-order valence-corrected chi connectivity index (χ4v) is 1.42. The van der Waals surface area contributed by atoms with E-state index in [2.05, 4.69) is 4.98 Å². The molecule has 1 aromatic heterocycles. The highest BCUT2D eigenvalue weighted by molar-refractivity contribution is 5.41. The molecule has 3 nitrogen and oxygen atoms in total. The van der Waals surface area contributed by atoms with Gasteiger partial charge in [-0.1, -0.05) is 12.1 Å². The van der Waals surface area contributed by atoms with Crippen LogP contribution in [-0.4, -0.2) is 4.98 Å². The lowest BCUT2D eigenvalue weighted by Crippen LogP contribution is -2.11. The summed E-state index contributed by atoms with van der Waals surface area (Å²) in [5.74, 6) is 0. The van der Waals surface area contributed by atoms with Gasteiger partial charge >= 0.3 is 0 Å². The van der Waals surface area contributed by atoms with Crippen molar-refractivity contribution in [2.24, 2.45) is 5.73 Å². The Labute approximate surface area is 82.7 Å². The fraction of sp³-hybridized carbons (Fsp3) is 0.0909. The van der Waals surface area contributed by atoms with E-state index in [-0.39, 0.29) is 6.04 Å². The standard InChI is InChI=1S/C11H13N3/c12-9-5-3-8(4-6-9)11(13)10-2-1-7-14-10/h1-7,11,14H,12-13H2. The molecule has 3 heteroatoms. The van der Waals surface area contributed by atoms with Gasteiger partial charge in [0.15, 0.2) is 0 Å². The molecule has 0 amide bonds. The molecule has 0 saturated heterocycles. The third-order valence-electron chi connectivity index (χ3n) is 2.25. The Kier molecular flexibility index (Phi) is 2.24. The van der Waals surface area contributed by atoms with Crippen molar-refractivity contribution < 1.29 is 0 Å². The van der Waals surface area contributed by atoms with Gasteiger partial charge in [0.25, 0.3) is 0 Å². The van der Waals surface area contributed by atoms with Crippen LogP contribution in [0, 0.1) is 0 Å². The second-order valence-corrected chi connectivity index (χ2v) is 3.27. The molecule has 0 spiro atoms. The van der Waals surface area contributed by atoms with E-state index < -0.39 is 0 Å². The molecule has 0 saturated carbocycles. The van der Waals surface area contributed by atoms with Gasteiger partial charge in [0.05, 0.1) is 6.04 Å². The van der Waals surface area contributed by atoms with Crippen LogP contribution in [0.5, 0.6) is 0 Å². The van der Waals surface area contributed by atoms with Crippen molar-refractivity contribution in [2.45, 2.75) is 6.04 Å². The molecule has 1 aromatic carbocycles. The van der Waals surface area contributed by atoms with Crippen LogP contribution in [0.25, 0.3) is 0 Å². The maximum absolute atomic E-state index is 6.04. The van der Waals surface area contributed by atoms with Gasteiger partial charge in [0.1, 0.15) is 0 Å². The van der Waals surface area contributed by atoms with Crippen molar-refractivity contribution in [2.75, 3.05) is 5.73 Å². The van der Waals surface area contributed by atoms with Crippen LogP contribution in [0.2, 0.25) is 0 Å². The summed E-state index contributed by atoms with van der Waals surface area (Å²) in [6, 6.07) is 11.4. The average Bonchev–Trinajstić information content (AvgIpc) is 2.71. The largest absolute Gasteiger partial charge is 0.399 e. The SMILES string of the molecule is Nc1ccc(C(N)c2ccc[nH]2)cc1. The quantitative estimate of drug-likeness (QED) is 0.626. The molecule has 14 heavy (non-hydrogen) atoms. The lowest BCUT2D eigenvalue weighted by atomic mass is 10.0. The molecule has 1 unspecified atom stereocenters. The molecule has 2 aromatic rings. The molecule has 0 aliphatic rings. The number of H-pyrrole nitrogens is 1. The lowest BCUT2D eigenvalue weighted by molar-refractivity contribution is 0.839. The third kappa shape index (κ3) is 1.63. The first-order valence-electron chi connectivity index (χ1n) is 4.51. The number of nitrogens with one attached hydrogen (secondary N) is 1. The lowest BCUT2D eigenvalue weighted by Gasteiger charge is -2.10. The minimum absolute atomic E-state index is 0.106. The first-order valence-corrected chi connectivity index (χ1v) is 4.51. The number of benzene rings is 1. The van der Waals surface area contributed by atoms with Crippen LogP contribution in [0.15, 0.2) is 42.6 Å². The van der Waals surface area contributed by atoms with Crippen LogP contribution in [-0.2, 0) is 0 Å². The predicted octanol–water partition coefficient (Wildman–Crippen LogP) is 1.65. The maximum atomic E-state index is 6.04. The molecule has 5 N–H and O–H groups in total. The number of nitrogens with two attached hydrogens (primary N) is 2. The summed E-state index contributed by atoms with van der Waals surface area (Å²) in [4.78, 5) is 3.09. The monoisotopic (exact) mass is 187 g/mol. The number of hydrogen-bond donors (Lipinski definition) is 3. The molecular weight excluding hydrogens is 174 g/mol. The van der Waals surface area contributed by atoms with E-state index in [1.54, 1.807) is 0 Å². The molecule has 0 aliphatic heterocycles. The van der Waals surface area contributed by atoms with E-state index in [9.17, 15) is 0 Å². The topological polar surface area (TPSA) is 67.8 Å². The van der Waals surface area contributed by atoms with Gasteiger partial charge in [-0.3, -0.25) is 0 Å². The van der Waals surface area contributed by atoms with Crippen LogP contribution in [0.3, 0.4) is 0 Å². The summed E-state index contributed by atoms with van der Waals surface area (Å²) in [6.07, 6.45) is 1.87. The van der Waals surface area contributed by atoms with E-state index in [0.717, 1.165) is 16.9 Å². The highest BCUT2D eigenvalue weighted by atomic mass is 14.8. The summed E-state index contributed by atoms with van der Waals surface area (Å²) in [6.45, 7) is 0. The summed E-state index contributed by atoms with van der Waals surface area (Å²) in [5.41, 5.74) is 14.5. The second-order valence-electron chi connectivity index (χ2n) is 3.27. The Morgan fingerprint density at radius 3 is 2.36 bits per heavy atom. The molecule has 0 radical (unpaired) electrons. The zero-order valence-corrected chi connectivity index (χ0v) is 7.77. The van der Waals surface area contributed by atoms with Gasteiger partial charge in [-0.15, -0.1) is 0 Å². The Bertz CT molecular complexity index is 389. The van der Waals surface area contributed by atoms with Gasteiger partial charge in [0.2, 0.25) is 0 Å². The smallest absolute Gasteiger partial charge is 0.0704 e. The number of anilines is 1. The van der Waals surface area contributed by atoms with Gasteiger partial charge < -0.3 is 16.5 Å². The molecule has 1 heterocycles. The molecule has 2 rings (SSSR count). The first-order chi connectivity index (χ1) is 6.77. The summed E-state index contributed by atoms with van der Waals surface area (Å²) < 4.78 is 0. The van der Waals surface area contributed by atoms with Gasteiger partial charge in [0, 0.05) is 17.6 Å². The maximum Gasteiger partial charge on any atom is 0.0704 e. The van der Waals surface area contributed by atoms with E-state index >= 15 is 0 Å². The number of nitrogen functional groups attached to an aromatic ring is 1. The van der Waals surface area contributed by atoms with Crippen molar-refractivity contribution in [1.82, 2.24) is 4.98 Å². The average molecular weight is 187 g/mol. The van der Waals surface area contributed by atoms with Gasteiger partial charge in [-0.05, 0) is 29.8 Å². The zero-order chi connectivity index (χ0) is 9.97. The van der Waals surface area contributed by atoms with Crippen LogP contribution in [0.1, 0.15) is 17.3 Å². The summed E-state index contributed by atoms with van der Waals surface area (Å²) >= 11 is 0. The fourth-order valence-electron chi connectivity index (χ4n) is 1.42. The Hall–Kier alpha value is -1.74. The van der Waals surface area contributed by atoms with Gasteiger partial charge in [-0.25, -0.2) is 0 Å². The Morgan fingerprint density at radius 2 is 1.79 bits per heavy atom. The van der Waals surface area contributed by atoms with E-state index in [1.165, 1.54) is 0 Å². The van der Waals surface area contributed by atoms with Gasteiger partial charge in [-0.2, -0.15) is 0 Å². The highest BCUT2D eigenvalue weighted by Crippen LogP contribution is 2.18. The number of rotatable bonds is 2. The summed E-state index contributed by atoms with van der Waals surface area (Å²) in [7, 11) is 0. The van der Waals surface area contributed by atoms with Crippen molar-refractivity contribution in [3.8, 4) is 0 Å². The van der Waals surface area contributed by atoms with E-state index in [1.807, 2.05) is 42.6 Å². The normalized spacial score (nSPS) is 12.6. The molecule has 0 fully saturated rings. The van der Waals surface area contributed by atoms with Crippen LogP contribution >= 0.6 is 0 Å². The van der Waals surface area contributed by atoms with E-state index in [4.69, 9.17) is 11.5 Å². The van der Waals surface area contributed by atoms with Crippen molar-refractivity contribution in [3.05, 3.63) is 53.9 Å². The van der Waals surface area contributed by atoms with Crippen molar-refractivity contribution in [3.63, 3.8) is 0 Å². The zero-order valence-electron chi connectivity index (χ0n) is 7.77. The van der Waals surface area contributed by atoms with Crippen molar-refractivity contribution >= 4 is 5.69 Å². The molecule has 72 valence electrons. The Balaban J connectivity index is 2.28. The van der Waals surface area contributed by atoms with E-state index in [0.29, 0.717) is 0 Å². The predicted molar refractivity (Wildman–Crippen MR) is 57.7 cm³/mol. The van der Waals surface area contributed by atoms with Crippen LogP contribution in [0.4, 0.5) is 5.69 Å². The number of hydrogen-bond acceptors (Lipinski definition) is 2. The Morgan fingerprint density at radius 1 is 1.07 bits per heavy atom. The third-order valence-corrected chi connectivity index (χ3v) is 2.25.